The van der Waals surface area contributed by atoms with Crippen LogP contribution in [0.2, 0.25) is 0 Å². The van der Waals surface area contributed by atoms with Crippen LogP contribution >= 0.6 is 0 Å². The van der Waals surface area contributed by atoms with Crippen LogP contribution in [0.15, 0.2) is 0 Å². The molecule has 1 N–H and O–H groups in total. The summed E-state index contributed by atoms with van der Waals surface area (Å²) < 4.78 is 28.7. The van der Waals surface area contributed by atoms with Gasteiger partial charge in [-0.25, -0.2) is 0 Å². The summed E-state index contributed by atoms with van der Waals surface area (Å²) in [6, 6.07) is 0.133. The van der Waals surface area contributed by atoms with Crippen molar-refractivity contribution in [3.63, 3.8) is 0 Å². The molecule has 1 aliphatic heterocycles. The molecule has 1 aliphatic carbocycles. The number of nitrogens with zero attached hydrogens (tertiary/aromatic N) is 2. The van der Waals surface area contributed by atoms with E-state index in [-0.39, 0.29) is 6.04 Å². The van der Waals surface area contributed by atoms with Crippen molar-refractivity contribution in [2.45, 2.75) is 45.6 Å². The Morgan fingerprint density at radius 1 is 1.35 bits per heavy atom. The average Bonchev–Trinajstić information content (AvgIpc) is 3.28. The van der Waals surface area contributed by atoms with E-state index in [0.717, 1.165) is 25.9 Å². The fraction of sp³-hybridized carbons (Fsp3) is 1.00. The van der Waals surface area contributed by atoms with Crippen molar-refractivity contribution in [2.24, 2.45) is 11.8 Å². The van der Waals surface area contributed by atoms with E-state index < -0.39 is 10.2 Å². The van der Waals surface area contributed by atoms with E-state index >= 15 is 0 Å². The van der Waals surface area contributed by atoms with Gasteiger partial charge in [0.15, 0.2) is 0 Å². The standard InChI is InChI=1S/C14H29N3O2S/c1-4-15-10-13-6-5-9-17(11-13)20(18,19)16(3)12(2)14-7-8-14/h12-15H,4-11H2,1-3H3. The van der Waals surface area contributed by atoms with Gasteiger partial charge >= 0.3 is 0 Å². The van der Waals surface area contributed by atoms with Gasteiger partial charge in [-0.3, -0.25) is 0 Å². The highest BCUT2D eigenvalue weighted by molar-refractivity contribution is 7.86. The van der Waals surface area contributed by atoms with E-state index in [1.165, 1.54) is 12.8 Å². The van der Waals surface area contributed by atoms with Crippen LogP contribution < -0.4 is 5.32 Å². The molecule has 0 spiro atoms. The minimum atomic E-state index is -3.29. The van der Waals surface area contributed by atoms with E-state index in [9.17, 15) is 8.42 Å². The first-order valence-electron chi connectivity index (χ1n) is 7.90. The summed E-state index contributed by atoms with van der Waals surface area (Å²) in [5, 5.41) is 3.34. The van der Waals surface area contributed by atoms with Crippen LogP contribution in [0.4, 0.5) is 0 Å². The summed E-state index contributed by atoms with van der Waals surface area (Å²) in [4.78, 5) is 0. The molecule has 118 valence electrons. The molecule has 1 heterocycles. The second kappa shape index (κ2) is 6.73. The Balaban J connectivity index is 1.97. The fourth-order valence-electron chi connectivity index (χ4n) is 3.02. The van der Waals surface area contributed by atoms with Crippen molar-refractivity contribution in [3.05, 3.63) is 0 Å². The van der Waals surface area contributed by atoms with Gasteiger partial charge in [0, 0.05) is 26.2 Å². The fourth-order valence-corrected chi connectivity index (χ4v) is 4.73. The summed E-state index contributed by atoms with van der Waals surface area (Å²) in [5.41, 5.74) is 0. The van der Waals surface area contributed by atoms with E-state index in [4.69, 9.17) is 0 Å². The van der Waals surface area contributed by atoms with E-state index in [1.54, 1.807) is 15.7 Å². The zero-order valence-electron chi connectivity index (χ0n) is 13.0. The van der Waals surface area contributed by atoms with Gasteiger partial charge in [0.05, 0.1) is 0 Å². The normalized spacial score (nSPS) is 26.9. The van der Waals surface area contributed by atoms with Crippen LogP contribution in [-0.2, 0) is 10.2 Å². The second-order valence-electron chi connectivity index (χ2n) is 6.28. The maximum Gasteiger partial charge on any atom is 0.281 e. The van der Waals surface area contributed by atoms with Crippen molar-refractivity contribution in [3.8, 4) is 0 Å². The highest BCUT2D eigenvalue weighted by Crippen LogP contribution is 2.36. The zero-order chi connectivity index (χ0) is 14.8. The van der Waals surface area contributed by atoms with E-state index in [0.29, 0.717) is 24.9 Å². The van der Waals surface area contributed by atoms with Crippen LogP contribution in [0, 0.1) is 11.8 Å². The molecule has 2 aliphatic rings. The van der Waals surface area contributed by atoms with Crippen molar-refractivity contribution in [2.75, 3.05) is 33.2 Å². The molecular weight excluding hydrogens is 274 g/mol. The largest absolute Gasteiger partial charge is 0.317 e. The third-order valence-electron chi connectivity index (χ3n) is 4.73. The Morgan fingerprint density at radius 3 is 2.65 bits per heavy atom. The van der Waals surface area contributed by atoms with Crippen LogP contribution in [0.25, 0.3) is 0 Å². The molecule has 0 aromatic rings. The van der Waals surface area contributed by atoms with Gasteiger partial charge in [-0.15, -0.1) is 0 Å². The average molecular weight is 303 g/mol. The lowest BCUT2D eigenvalue weighted by Gasteiger charge is -2.36. The SMILES string of the molecule is CCNCC1CCCN(S(=O)(=O)N(C)C(C)C2CC2)C1. The molecule has 2 atom stereocenters. The molecule has 20 heavy (non-hydrogen) atoms. The molecule has 1 saturated heterocycles. The van der Waals surface area contributed by atoms with Crippen LogP contribution in [0.5, 0.6) is 0 Å². The Hall–Kier alpha value is -0.170. The van der Waals surface area contributed by atoms with Crippen molar-refractivity contribution >= 4 is 10.2 Å². The molecule has 2 rings (SSSR count). The Labute approximate surface area is 123 Å². The van der Waals surface area contributed by atoms with Gasteiger partial charge in [0.1, 0.15) is 0 Å². The highest BCUT2D eigenvalue weighted by atomic mass is 32.2. The first-order chi connectivity index (χ1) is 9.46. The summed E-state index contributed by atoms with van der Waals surface area (Å²) in [6.45, 7) is 7.33. The number of piperidine rings is 1. The number of nitrogens with one attached hydrogen (secondary N) is 1. The molecule has 0 aromatic carbocycles. The second-order valence-corrected chi connectivity index (χ2v) is 8.26. The predicted octanol–water partition coefficient (Wildman–Crippen LogP) is 1.28. The lowest BCUT2D eigenvalue weighted by molar-refractivity contribution is 0.236. The molecule has 2 unspecified atom stereocenters. The summed E-state index contributed by atoms with van der Waals surface area (Å²) in [5.74, 6) is 1.01. The molecule has 0 bridgehead atoms. The van der Waals surface area contributed by atoms with Gasteiger partial charge in [0.25, 0.3) is 10.2 Å². The van der Waals surface area contributed by atoms with Gasteiger partial charge in [-0.2, -0.15) is 17.0 Å². The Morgan fingerprint density at radius 2 is 2.05 bits per heavy atom. The molecular formula is C14H29N3O2S. The summed E-state index contributed by atoms with van der Waals surface area (Å²) in [6.07, 6.45) is 4.44. The Kier molecular flexibility index (Phi) is 5.45. The van der Waals surface area contributed by atoms with E-state index in [2.05, 4.69) is 12.2 Å². The predicted molar refractivity (Wildman–Crippen MR) is 81.7 cm³/mol. The van der Waals surface area contributed by atoms with Crippen molar-refractivity contribution in [1.29, 1.82) is 0 Å². The summed E-state index contributed by atoms with van der Waals surface area (Å²) >= 11 is 0. The van der Waals surface area contributed by atoms with Crippen molar-refractivity contribution < 1.29 is 8.42 Å². The maximum absolute atomic E-state index is 12.7. The first-order valence-corrected chi connectivity index (χ1v) is 9.30. The molecule has 1 saturated carbocycles. The third-order valence-corrected chi connectivity index (χ3v) is 6.78. The molecule has 0 radical (unpaired) electrons. The van der Waals surface area contributed by atoms with Crippen LogP contribution in [0.1, 0.15) is 39.5 Å². The third kappa shape index (κ3) is 3.72. The van der Waals surface area contributed by atoms with Crippen LogP contribution in [0.3, 0.4) is 0 Å². The first kappa shape index (κ1) is 16.2. The summed E-state index contributed by atoms with van der Waals surface area (Å²) in [7, 11) is -1.54. The van der Waals surface area contributed by atoms with Crippen molar-refractivity contribution in [1.82, 2.24) is 13.9 Å². The van der Waals surface area contributed by atoms with Gasteiger partial charge in [-0.1, -0.05) is 6.92 Å². The van der Waals surface area contributed by atoms with Gasteiger partial charge in [0.2, 0.25) is 0 Å². The molecule has 0 amide bonds. The van der Waals surface area contributed by atoms with E-state index in [1.807, 2.05) is 6.92 Å². The molecule has 0 aromatic heterocycles. The van der Waals surface area contributed by atoms with Gasteiger partial charge in [-0.05, 0) is 57.5 Å². The monoisotopic (exact) mass is 303 g/mol. The maximum atomic E-state index is 12.7. The highest BCUT2D eigenvalue weighted by Gasteiger charge is 2.39. The smallest absolute Gasteiger partial charge is 0.281 e. The molecule has 6 heteroatoms. The number of hydrogen-bond donors (Lipinski definition) is 1. The number of rotatable bonds is 7. The Bertz CT molecular complexity index is 409. The van der Waals surface area contributed by atoms with Crippen LogP contribution in [-0.4, -0.2) is 56.3 Å². The quantitative estimate of drug-likeness (QED) is 0.771. The topological polar surface area (TPSA) is 52.7 Å². The lowest BCUT2D eigenvalue weighted by Crippen LogP contribution is -2.50. The molecule has 2 fully saturated rings. The minimum Gasteiger partial charge on any atom is -0.317 e. The lowest BCUT2D eigenvalue weighted by atomic mass is 10.00. The molecule has 5 nitrogen and oxygen atoms in total. The zero-order valence-corrected chi connectivity index (χ0v) is 13.8. The number of hydrogen-bond acceptors (Lipinski definition) is 3. The minimum absolute atomic E-state index is 0.133. The van der Waals surface area contributed by atoms with Gasteiger partial charge < -0.3 is 5.32 Å².